The smallest absolute Gasteiger partial charge is 0.262 e. The number of halogens is 2. The quantitative estimate of drug-likeness (QED) is 0.725. The summed E-state index contributed by atoms with van der Waals surface area (Å²) in [6.07, 6.45) is 1.33. The van der Waals surface area contributed by atoms with Gasteiger partial charge in [0.1, 0.15) is 6.33 Å². The summed E-state index contributed by atoms with van der Waals surface area (Å²) in [5.74, 6) is -0.0286. The van der Waals surface area contributed by atoms with Gasteiger partial charge in [0, 0.05) is 10.7 Å². The Morgan fingerprint density at radius 1 is 1.20 bits per heavy atom. The van der Waals surface area contributed by atoms with Crippen molar-refractivity contribution in [2.24, 2.45) is 0 Å². The summed E-state index contributed by atoms with van der Waals surface area (Å²) in [5.41, 5.74) is 3.39. The number of carbonyl (C=O) groups is 1. The maximum Gasteiger partial charge on any atom is 0.262 e. The number of anilines is 1. The number of aromatic nitrogens is 2. The Labute approximate surface area is 155 Å². The Morgan fingerprint density at radius 3 is 2.80 bits per heavy atom. The number of hydrogen-bond donors (Lipinski definition) is 1. The van der Waals surface area contributed by atoms with E-state index in [2.05, 4.69) is 15.3 Å². The van der Waals surface area contributed by atoms with Gasteiger partial charge in [0.25, 0.3) is 5.91 Å². The van der Waals surface area contributed by atoms with E-state index >= 15 is 0 Å². The van der Waals surface area contributed by atoms with E-state index in [9.17, 15) is 4.79 Å². The van der Waals surface area contributed by atoms with Gasteiger partial charge in [0.2, 0.25) is 5.88 Å². The van der Waals surface area contributed by atoms with Crippen molar-refractivity contribution in [2.45, 2.75) is 13.8 Å². The van der Waals surface area contributed by atoms with Gasteiger partial charge in [-0.1, -0.05) is 35.3 Å². The van der Waals surface area contributed by atoms with Gasteiger partial charge in [0.15, 0.2) is 6.61 Å². The van der Waals surface area contributed by atoms with Crippen LogP contribution in [0.2, 0.25) is 10.0 Å². The standard InChI is InChI=1S/C18H15Cl2N3O2/c1-10-4-3-5-15(11(10)2)23-16(24)8-25-18-13-6-12(19)7-14(20)17(13)21-9-22-18/h3-7,9H,8H2,1-2H3,(H,23,24). The third-order valence-electron chi connectivity index (χ3n) is 3.84. The summed E-state index contributed by atoms with van der Waals surface area (Å²) in [5, 5.41) is 4.23. The van der Waals surface area contributed by atoms with E-state index in [4.69, 9.17) is 27.9 Å². The van der Waals surface area contributed by atoms with Crippen molar-refractivity contribution in [2.75, 3.05) is 11.9 Å². The summed E-state index contributed by atoms with van der Waals surface area (Å²) in [6, 6.07) is 8.97. The maximum absolute atomic E-state index is 12.2. The zero-order chi connectivity index (χ0) is 18.0. The van der Waals surface area contributed by atoms with E-state index in [1.807, 2.05) is 32.0 Å². The number of rotatable bonds is 4. The Kier molecular flexibility index (Phi) is 5.06. The number of nitrogens with one attached hydrogen (secondary N) is 1. The van der Waals surface area contributed by atoms with Gasteiger partial charge in [-0.15, -0.1) is 0 Å². The Hall–Kier alpha value is -2.37. The van der Waals surface area contributed by atoms with E-state index < -0.39 is 0 Å². The van der Waals surface area contributed by atoms with Gasteiger partial charge in [0.05, 0.1) is 15.9 Å². The summed E-state index contributed by atoms with van der Waals surface area (Å²) >= 11 is 12.2. The van der Waals surface area contributed by atoms with Crippen molar-refractivity contribution in [3.05, 3.63) is 57.8 Å². The molecule has 0 atom stereocenters. The predicted octanol–water partition coefficient (Wildman–Crippen LogP) is 4.57. The fourth-order valence-corrected chi connectivity index (χ4v) is 2.93. The van der Waals surface area contributed by atoms with E-state index in [1.165, 1.54) is 6.33 Å². The third-order valence-corrected chi connectivity index (χ3v) is 4.35. The van der Waals surface area contributed by atoms with Crippen molar-refractivity contribution in [1.82, 2.24) is 9.97 Å². The van der Waals surface area contributed by atoms with Crippen molar-refractivity contribution in [3.63, 3.8) is 0 Å². The van der Waals surface area contributed by atoms with Crippen LogP contribution in [0.3, 0.4) is 0 Å². The molecule has 25 heavy (non-hydrogen) atoms. The molecule has 0 aliphatic carbocycles. The summed E-state index contributed by atoms with van der Waals surface area (Å²) in [6.45, 7) is 3.75. The molecule has 0 spiro atoms. The van der Waals surface area contributed by atoms with E-state index in [1.54, 1.807) is 12.1 Å². The lowest BCUT2D eigenvalue weighted by Gasteiger charge is -2.11. The molecule has 0 radical (unpaired) electrons. The molecule has 2 aromatic carbocycles. The first-order valence-electron chi connectivity index (χ1n) is 7.54. The second kappa shape index (κ2) is 7.25. The van der Waals surface area contributed by atoms with Crippen LogP contribution in [0, 0.1) is 13.8 Å². The number of benzene rings is 2. The van der Waals surface area contributed by atoms with Crippen LogP contribution in [0.5, 0.6) is 5.88 Å². The molecule has 1 aromatic heterocycles. The molecule has 0 aliphatic rings. The van der Waals surface area contributed by atoms with Gasteiger partial charge in [-0.3, -0.25) is 4.79 Å². The highest BCUT2D eigenvalue weighted by Gasteiger charge is 2.12. The number of aryl methyl sites for hydroxylation is 1. The minimum atomic E-state index is -0.284. The van der Waals surface area contributed by atoms with Crippen LogP contribution >= 0.6 is 23.2 Å². The largest absolute Gasteiger partial charge is 0.467 e. The second-order valence-electron chi connectivity index (χ2n) is 5.55. The van der Waals surface area contributed by atoms with E-state index in [0.29, 0.717) is 20.9 Å². The molecule has 3 rings (SSSR count). The first kappa shape index (κ1) is 17.5. The lowest BCUT2D eigenvalue weighted by molar-refractivity contribution is -0.118. The molecule has 1 amide bonds. The predicted molar refractivity (Wildman–Crippen MR) is 99.6 cm³/mol. The van der Waals surface area contributed by atoms with Gasteiger partial charge in [-0.25, -0.2) is 9.97 Å². The molecular formula is C18H15Cl2N3O2. The first-order chi connectivity index (χ1) is 12.0. The van der Waals surface area contributed by atoms with Crippen molar-refractivity contribution < 1.29 is 9.53 Å². The minimum absolute atomic E-state index is 0.191. The molecule has 3 aromatic rings. The molecule has 5 nitrogen and oxygen atoms in total. The summed E-state index contributed by atoms with van der Waals surface area (Å²) in [7, 11) is 0. The molecule has 0 fully saturated rings. The van der Waals surface area contributed by atoms with Gasteiger partial charge in [-0.2, -0.15) is 0 Å². The average molecular weight is 376 g/mol. The Balaban J connectivity index is 1.76. The lowest BCUT2D eigenvalue weighted by Crippen LogP contribution is -2.21. The average Bonchev–Trinajstić information content (AvgIpc) is 2.57. The zero-order valence-electron chi connectivity index (χ0n) is 13.6. The van der Waals surface area contributed by atoms with Gasteiger partial charge >= 0.3 is 0 Å². The zero-order valence-corrected chi connectivity index (χ0v) is 15.1. The topological polar surface area (TPSA) is 64.1 Å². The van der Waals surface area contributed by atoms with Crippen LogP contribution in [0.25, 0.3) is 10.9 Å². The van der Waals surface area contributed by atoms with E-state index in [-0.39, 0.29) is 18.4 Å². The molecule has 0 bridgehead atoms. The van der Waals surface area contributed by atoms with Crippen molar-refractivity contribution in [3.8, 4) is 5.88 Å². The normalized spacial score (nSPS) is 10.7. The third kappa shape index (κ3) is 3.83. The number of fused-ring (bicyclic) bond motifs is 1. The molecule has 7 heteroatoms. The summed E-state index contributed by atoms with van der Waals surface area (Å²) < 4.78 is 5.55. The molecule has 0 aliphatic heterocycles. The fraction of sp³-hybridized carbons (Fsp3) is 0.167. The molecular weight excluding hydrogens is 361 g/mol. The van der Waals surface area contributed by atoms with Gasteiger partial charge < -0.3 is 10.1 Å². The highest BCUT2D eigenvalue weighted by atomic mass is 35.5. The van der Waals surface area contributed by atoms with Crippen LogP contribution in [0.1, 0.15) is 11.1 Å². The van der Waals surface area contributed by atoms with Crippen LogP contribution in [-0.4, -0.2) is 22.5 Å². The lowest BCUT2D eigenvalue weighted by atomic mass is 10.1. The molecule has 128 valence electrons. The van der Waals surface area contributed by atoms with E-state index in [0.717, 1.165) is 16.8 Å². The van der Waals surface area contributed by atoms with Crippen molar-refractivity contribution >= 4 is 45.7 Å². The molecule has 0 saturated heterocycles. The Bertz CT molecular complexity index is 960. The number of nitrogens with zero attached hydrogens (tertiary/aromatic N) is 2. The molecule has 0 saturated carbocycles. The second-order valence-corrected chi connectivity index (χ2v) is 6.39. The number of ether oxygens (including phenoxy) is 1. The van der Waals surface area contributed by atoms with Crippen LogP contribution in [-0.2, 0) is 4.79 Å². The monoisotopic (exact) mass is 375 g/mol. The first-order valence-corrected chi connectivity index (χ1v) is 8.30. The maximum atomic E-state index is 12.2. The SMILES string of the molecule is Cc1cccc(NC(=O)COc2ncnc3c(Cl)cc(Cl)cc23)c1C. The van der Waals surface area contributed by atoms with Crippen LogP contribution in [0.4, 0.5) is 5.69 Å². The number of carbonyl (C=O) groups excluding carboxylic acids is 1. The highest BCUT2D eigenvalue weighted by Crippen LogP contribution is 2.30. The fourth-order valence-electron chi connectivity index (χ4n) is 2.39. The van der Waals surface area contributed by atoms with Crippen LogP contribution < -0.4 is 10.1 Å². The Morgan fingerprint density at radius 2 is 2.00 bits per heavy atom. The number of hydrogen-bond acceptors (Lipinski definition) is 4. The molecule has 1 N–H and O–H groups in total. The van der Waals surface area contributed by atoms with Gasteiger partial charge in [-0.05, 0) is 43.2 Å². The molecule has 0 unspecified atom stereocenters. The molecule has 1 heterocycles. The highest BCUT2D eigenvalue weighted by molar-refractivity contribution is 6.38. The minimum Gasteiger partial charge on any atom is -0.467 e. The summed E-state index contributed by atoms with van der Waals surface area (Å²) in [4.78, 5) is 20.4. The van der Waals surface area contributed by atoms with Crippen molar-refractivity contribution in [1.29, 1.82) is 0 Å². The van der Waals surface area contributed by atoms with Crippen LogP contribution in [0.15, 0.2) is 36.7 Å². The number of amides is 1.